The van der Waals surface area contributed by atoms with Crippen molar-refractivity contribution in [3.05, 3.63) is 65.2 Å². The van der Waals surface area contributed by atoms with Crippen molar-refractivity contribution in [1.29, 1.82) is 0 Å². The van der Waals surface area contributed by atoms with E-state index < -0.39 is 0 Å². The minimum absolute atomic E-state index is 0.180. The first kappa shape index (κ1) is 17.6. The molecule has 0 spiro atoms. The fourth-order valence-electron chi connectivity index (χ4n) is 2.37. The monoisotopic (exact) mass is 324 g/mol. The smallest absolute Gasteiger partial charge is 0.262 e. The van der Waals surface area contributed by atoms with Gasteiger partial charge >= 0.3 is 0 Å². The Kier molecular flexibility index (Phi) is 6.01. The number of rotatable bonds is 6. The Bertz CT molecular complexity index is 721. The maximum Gasteiger partial charge on any atom is 0.262 e. The number of nitrogens with one attached hydrogen (secondary N) is 1. The number of aryl methyl sites for hydroxylation is 2. The molecule has 0 aromatic heterocycles. The van der Waals surface area contributed by atoms with E-state index in [1.54, 1.807) is 13.2 Å². The van der Waals surface area contributed by atoms with Gasteiger partial charge in [-0.2, -0.15) is 0 Å². The van der Waals surface area contributed by atoms with Gasteiger partial charge in [-0.3, -0.25) is 15.2 Å². The molecule has 0 bridgehead atoms. The third-order valence-corrected chi connectivity index (χ3v) is 3.71. The van der Waals surface area contributed by atoms with Crippen molar-refractivity contribution in [2.24, 2.45) is 0 Å². The van der Waals surface area contributed by atoms with Gasteiger partial charge in [0.15, 0.2) is 0 Å². The van der Waals surface area contributed by atoms with E-state index in [4.69, 9.17) is 4.74 Å². The number of hydrazine groups is 1. The molecule has 0 aliphatic heterocycles. The zero-order valence-corrected chi connectivity index (χ0v) is 14.7. The van der Waals surface area contributed by atoms with Gasteiger partial charge in [-0.15, -0.1) is 0 Å². The Morgan fingerprint density at radius 3 is 2.42 bits per heavy atom. The van der Waals surface area contributed by atoms with Gasteiger partial charge in [0, 0.05) is 18.2 Å². The molecule has 0 aliphatic rings. The van der Waals surface area contributed by atoms with E-state index in [2.05, 4.69) is 5.43 Å². The van der Waals surface area contributed by atoms with Gasteiger partial charge in [-0.25, -0.2) is 0 Å². The van der Waals surface area contributed by atoms with E-state index in [9.17, 15) is 4.79 Å². The summed E-state index contributed by atoms with van der Waals surface area (Å²) >= 11 is 0. The van der Waals surface area contributed by atoms with Crippen molar-refractivity contribution in [3.8, 4) is 5.75 Å². The minimum Gasteiger partial charge on any atom is -0.496 e. The molecule has 4 nitrogen and oxygen atoms in total. The first-order valence-electron chi connectivity index (χ1n) is 8.01. The third kappa shape index (κ3) is 4.62. The van der Waals surface area contributed by atoms with E-state index in [0.717, 1.165) is 22.6 Å². The van der Waals surface area contributed by atoms with Gasteiger partial charge in [0.25, 0.3) is 5.91 Å². The van der Waals surface area contributed by atoms with Crippen LogP contribution in [0, 0.1) is 13.8 Å². The lowest BCUT2D eigenvalue weighted by Crippen LogP contribution is -2.41. The molecule has 0 atom stereocenters. The number of anilines is 1. The molecule has 0 unspecified atom stereocenters. The van der Waals surface area contributed by atoms with E-state index in [0.29, 0.717) is 6.54 Å². The molecule has 0 heterocycles. The molecule has 0 fully saturated rings. The lowest BCUT2D eigenvalue weighted by atomic mass is 10.1. The molecular weight excluding hydrogens is 300 g/mol. The molecule has 0 aliphatic carbocycles. The standard InChI is InChI=1S/C20H24N2O2/c1-5-22(18-10-6-15(2)7-11-18)21-20(23)13-9-17-14-16(3)8-12-19(17)24-4/h6-14H,5H2,1-4H3,(H,21,23)/b13-9+. The fourth-order valence-corrected chi connectivity index (χ4v) is 2.37. The quantitative estimate of drug-likeness (QED) is 0.647. The average Bonchev–Trinajstić information content (AvgIpc) is 2.59. The predicted octanol–water partition coefficient (Wildman–Crippen LogP) is 3.88. The lowest BCUT2D eigenvalue weighted by Gasteiger charge is -2.23. The number of ether oxygens (including phenoxy) is 1. The highest BCUT2D eigenvalue weighted by atomic mass is 16.5. The summed E-state index contributed by atoms with van der Waals surface area (Å²) < 4.78 is 5.32. The van der Waals surface area contributed by atoms with E-state index in [1.807, 2.05) is 68.2 Å². The number of benzene rings is 2. The number of hydrogen-bond donors (Lipinski definition) is 1. The summed E-state index contributed by atoms with van der Waals surface area (Å²) in [6, 6.07) is 13.9. The van der Waals surface area contributed by atoms with Crippen molar-refractivity contribution in [2.45, 2.75) is 20.8 Å². The van der Waals surface area contributed by atoms with Crippen LogP contribution >= 0.6 is 0 Å². The van der Waals surface area contributed by atoms with Crippen LogP contribution in [0.15, 0.2) is 48.5 Å². The lowest BCUT2D eigenvalue weighted by molar-refractivity contribution is -0.116. The second-order valence-electron chi connectivity index (χ2n) is 5.63. The molecule has 0 radical (unpaired) electrons. The Morgan fingerprint density at radius 1 is 1.12 bits per heavy atom. The predicted molar refractivity (Wildman–Crippen MR) is 99.1 cm³/mol. The molecular formula is C20H24N2O2. The Morgan fingerprint density at radius 2 is 1.79 bits per heavy atom. The number of hydrogen-bond acceptors (Lipinski definition) is 3. The van der Waals surface area contributed by atoms with E-state index >= 15 is 0 Å². The van der Waals surface area contributed by atoms with Crippen LogP contribution < -0.4 is 15.2 Å². The van der Waals surface area contributed by atoms with Gasteiger partial charge in [0.2, 0.25) is 0 Å². The number of carbonyl (C=O) groups excluding carboxylic acids is 1. The normalized spacial score (nSPS) is 10.7. The van der Waals surface area contributed by atoms with Crippen LogP contribution in [0.4, 0.5) is 5.69 Å². The minimum atomic E-state index is -0.180. The summed E-state index contributed by atoms with van der Waals surface area (Å²) in [6.07, 6.45) is 3.29. The third-order valence-electron chi connectivity index (χ3n) is 3.71. The summed E-state index contributed by atoms with van der Waals surface area (Å²) in [7, 11) is 1.62. The molecule has 126 valence electrons. The number of carbonyl (C=O) groups is 1. The highest BCUT2D eigenvalue weighted by Crippen LogP contribution is 2.21. The first-order chi connectivity index (χ1) is 11.5. The maximum absolute atomic E-state index is 12.2. The number of methoxy groups -OCH3 is 1. The molecule has 2 aromatic rings. The van der Waals surface area contributed by atoms with Crippen LogP contribution in [0.2, 0.25) is 0 Å². The fraction of sp³-hybridized carbons (Fsp3) is 0.250. The summed E-state index contributed by atoms with van der Waals surface area (Å²) in [6.45, 7) is 6.72. The van der Waals surface area contributed by atoms with Crippen LogP contribution in [-0.4, -0.2) is 19.6 Å². The van der Waals surface area contributed by atoms with Crippen molar-refractivity contribution in [2.75, 3.05) is 18.7 Å². The molecule has 4 heteroatoms. The van der Waals surface area contributed by atoms with Crippen molar-refractivity contribution >= 4 is 17.7 Å². The number of amides is 1. The van der Waals surface area contributed by atoms with Gasteiger partial charge in [0.1, 0.15) is 5.75 Å². The largest absolute Gasteiger partial charge is 0.496 e. The van der Waals surface area contributed by atoms with Crippen molar-refractivity contribution in [1.82, 2.24) is 5.43 Å². The van der Waals surface area contributed by atoms with Gasteiger partial charge in [-0.05, 0) is 51.1 Å². The van der Waals surface area contributed by atoms with Gasteiger partial charge in [0.05, 0.1) is 12.8 Å². The topological polar surface area (TPSA) is 41.6 Å². The molecule has 2 aromatic carbocycles. The summed E-state index contributed by atoms with van der Waals surface area (Å²) in [5.74, 6) is 0.566. The Balaban J connectivity index is 2.09. The van der Waals surface area contributed by atoms with Gasteiger partial charge in [-0.1, -0.05) is 29.3 Å². The van der Waals surface area contributed by atoms with Crippen molar-refractivity contribution < 1.29 is 9.53 Å². The molecule has 24 heavy (non-hydrogen) atoms. The average molecular weight is 324 g/mol. The molecule has 2 rings (SSSR count). The molecule has 0 saturated heterocycles. The highest BCUT2D eigenvalue weighted by molar-refractivity contribution is 5.93. The van der Waals surface area contributed by atoms with Crippen LogP contribution in [0.25, 0.3) is 6.08 Å². The second-order valence-corrected chi connectivity index (χ2v) is 5.63. The van der Waals surface area contributed by atoms with Crippen molar-refractivity contribution in [3.63, 3.8) is 0 Å². The SMILES string of the molecule is CCN(NC(=O)/C=C/c1cc(C)ccc1OC)c1ccc(C)cc1. The van der Waals surface area contributed by atoms with Crippen LogP contribution in [-0.2, 0) is 4.79 Å². The Labute approximate surface area is 143 Å². The zero-order valence-electron chi connectivity index (χ0n) is 14.7. The number of nitrogens with zero attached hydrogens (tertiary/aromatic N) is 1. The van der Waals surface area contributed by atoms with E-state index in [-0.39, 0.29) is 5.91 Å². The Hall–Kier alpha value is -2.75. The maximum atomic E-state index is 12.2. The molecule has 1 amide bonds. The van der Waals surface area contributed by atoms with Crippen LogP contribution in [0.5, 0.6) is 5.75 Å². The summed E-state index contributed by atoms with van der Waals surface area (Å²) in [5, 5.41) is 1.82. The summed E-state index contributed by atoms with van der Waals surface area (Å²) in [5.41, 5.74) is 7.03. The van der Waals surface area contributed by atoms with Gasteiger partial charge < -0.3 is 4.74 Å². The highest BCUT2D eigenvalue weighted by Gasteiger charge is 2.07. The zero-order chi connectivity index (χ0) is 17.5. The van der Waals surface area contributed by atoms with E-state index in [1.165, 1.54) is 11.6 Å². The van der Waals surface area contributed by atoms with Crippen LogP contribution in [0.1, 0.15) is 23.6 Å². The summed E-state index contributed by atoms with van der Waals surface area (Å²) in [4.78, 5) is 12.2. The molecule has 1 N–H and O–H groups in total. The van der Waals surface area contributed by atoms with Crippen LogP contribution in [0.3, 0.4) is 0 Å². The first-order valence-corrected chi connectivity index (χ1v) is 8.01. The second kappa shape index (κ2) is 8.20. The molecule has 0 saturated carbocycles.